The van der Waals surface area contributed by atoms with Crippen molar-refractivity contribution in [1.29, 1.82) is 0 Å². The van der Waals surface area contributed by atoms with Crippen LogP contribution >= 0.6 is 0 Å². The first-order valence-corrected chi connectivity index (χ1v) is 8.93. The highest BCUT2D eigenvalue weighted by molar-refractivity contribution is 5.90. The Morgan fingerprint density at radius 1 is 1.24 bits per heavy atom. The van der Waals surface area contributed by atoms with E-state index in [9.17, 15) is 9.59 Å². The molecule has 25 heavy (non-hydrogen) atoms. The summed E-state index contributed by atoms with van der Waals surface area (Å²) in [5, 5.41) is 9.09. The van der Waals surface area contributed by atoms with Gasteiger partial charge in [0, 0.05) is 18.7 Å². The molecule has 0 aliphatic heterocycles. The molecule has 1 aliphatic carbocycles. The maximum Gasteiger partial charge on any atom is 0.242 e. The van der Waals surface area contributed by atoms with Crippen molar-refractivity contribution in [2.75, 3.05) is 17.7 Å². The van der Waals surface area contributed by atoms with E-state index >= 15 is 0 Å². The third kappa shape index (κ3) is 5.37. The predicted molar refractivity (Wildman–Crippen MR) is 99.9 cm³/mol. The van der Waals surface area contributed by atoms with E-state index in [1.807, 2.05) is 6.92 Å². The zero-order valence-electron chi connectivity index (χ0n) is 15.5. The van der Waals surface area contributed by atoms with Gasteiger partial charge in [-0.25, -0.2) is 0 Å². The fourth-order valence-corrected chi connectivity index (χ4v) is 3.24. The number of ether oxygens (including phenoxy) is 1. The molecule has 3 N–H and O–H groups in total. The van der Waals surface area contributed by atoms with E-state index < -0.39 is 6.04 Å². The largest absolute Gasteiger partial charge is 0.495 e. The lowest BCUT2D eigenvalue weighted by atomic mass is 9.86. The maximum atomic E-state index is 12.5. The SMILES string of the molecule is COc1ccc(NC(C)=O)cc1N[C@H](C)C(=O)N[C@H]1CCCC[C@@H]1C. The van der Waals surface area contributed by atoms with Gasteiger partial charge < -0.3 is 20.7 Å². The van der Waals surface area contributed by atoms with Crippen LogP contribution in [0.25, 0.3) is 0 Å². The summed E-state index contributed by atoms with van der Waals surface area (Å²) < 4.78 is 5.35. The van der Waals surface area contributed by atoms with Crippen molar-refractivity contribution in [2.24, 2.45) is 5.92 Å². The molecule has 2 amide bonds. The van der Waals surface area contributed by atoms with E-state index in [2.05, 4.69) is 22.9 Å². The number of methoxy groups -OCH3 is 1. The van der Waals surface area contributed by atoms with Crippen LogP contribution in [0.2, 0.25) is 0 Å². The Kier molecular flexibility index (Phi) is 6.67. The van der Waals surface area contributed by atoms with Crippen LogP contribution < -0.4 is 20.7 Å². The van der Waals surface area contributed by atoms with Gasteiger partial charge in [-0.15, -0.1) is 0 Å². The number of carbonyl (C=O) groups excluding carboxylic acids is 2. The lowest BCUT2D eigenvalue weighted by Crippen LogP contribution is -2.46. The molecular weight excluding hydrogens is 318 g/mol. The van der Waals surface area contributed by atoms with E-state index in [1.165, 1.54) is 26.2 Å². The van der Waals surface area contributed by atoms with Gasteiger partial charge in [0.2, 0.25) is 11.8 Å². The number of benzene rings is 1. The summed E-state index contributed by atoms with van der Waals surface area (Å²) in [7, 11) is 1.58. The number of hydrogen-bond acceptors (Lipinski definition) is 4. The van der Waals surface area contributed by atoms with Gasteiger partial charge in [-0.2, -0.15) is 0 Å². The summed E-state index contributed by atoms with van der Waals surface area (Å²) in [6.07, 6.45) is 4.62. The highest BCUT2D eigenvalue weighted by Crippen LogP contribution is 2.29. The van der Waals surface area contributed by atoms with Crippen LogP contribution in [0.1, 0.15) is 46.5 Å². The molecule has 0 radical (unpaired) electrons. The molecule has 2 rings (SSSR count). The maximum absolute atomic E-state index is 12.5. The van der Waals surface area contributed by atoms with Crippen molar-refractivity contribution >= 4 is 23.2 Å². The van der Waals surface area contributed by atoms with E-state index in [-0.39, 0.29) is 17.9 Å². The Hall–Kier alpha value is -2.24. The Morgan fingerprint density at radius 2 is 1.96 bits per heavy atom. The highest BCUT2D eigenvalue weighted by Gasteiger charge is 2.25. The van der Waals surface area contributed by atoms with Crippen molar-refractivity contribution in [3.8, 4) is 5.75 Å². The molecule has 138 valence electrons. The van der Waals surface area contributed by atoms with Gasteiger partial charge in [0.25, 0.3) is 0 Å². The lowest BCUT2D eigenvalue weighted by Gasteiger charge is -2.30. The molecule has 0 saturated heterocycles. The number of carbonyl (C=O) groups is 2. The first kappa shape index (κ1) is 19.1. The smallest absolute Gasteiger partial charge is 0.242 e. The fourth-order valence-electron chi connectivity index (χ4n) is 3.24. The van der Waals surface area contributed by atoms with E-state index in [0.717, 1.165) is 6.42 Å². The summed E-state index contributed by atoms with van der Waals surface area (Å²) in [4.78, 5) is 23.8. The van der Waals surface area contributed by atoms with Gasteiger partial charge in [0.1, 0.15) is 11.8 Å². The molecule has 1 aromatic carbocycles. The summed E-state index contributed by atoms with van der Waals surface area (Å²) in [5.74, 6) is 0.973. The lowest BCUT2D eigenvalue weighted by molar-refractivity contribution is -0.122. The average molecular weight is 347 g/mol. The van der Waals surface area contributed by atoms with Crippen molar-refractivity contribution in [3.05, 3.63) is 18.2 Å². The first-order valence-electron chi connectivity index (χ1n) is 8.93. The van der Waals surface area contributed by atoms with E-state index in [0.29, 0.717) is 23.0 Å². The van der Waals surface area contributed by atoms with Crippen LogP contribution in [0.5, 0.6) is 5.75 Å². The zero-order valence-corrected chi connectivity index (χ0v) is 15.5. The van der Waals surface area contributed by atoms with Crippen LogP contribution in [-0.4, -0.2) is 31.0 Å². The van der Waals surface area contributed by atoms with Crippen LogP contribution in [-0.2, 0) is 9.59 Å². The van der Waals surface area contributed by atoms with E-state index in [1.54, 1.807) is 25.3 Å². The number of rotatable bonds is 6. The molecule has 1 aliphatic rings. The van der Waals surface area contributed by atoms with Crippen LogP contribution in [0.3, 0.4) is 0 Å². The Balaban J connectivity index is 2.03. The van der Waals surface area contributed by atoms with Gasteiger partial charge in [0.05, 0.1) is 12.8 Å². The molecule has 0 heterocycles. The number of hydrogen-bond donors (Lipinski definition) is 3. The predicted octanol–water partition coefficient (Wildman–Crippen LogP) is 3.15. The standard InChI is InChI=1S/C19H29N3O3/c1-12-7-5-6-8-16(12)22-19(24)13(2)20-17-11-15(21-14(3)23)9-10-18(17)25-4/h9-13,16,20H,5-8H2,1-4H3,(H,21,23)(H,22,24)/t12-,13+,16-/m0/s1. The molecule has 1 fully saturated rings. The van der Waals surface area contributed by atoms with Crippen LogP contribution in [0, 0.1) is 5.92 Å². The molecular formula is C19H29N3O3. The van der Waals surface area contributed by atoms with Crippen molar-refractivity contribution in [1.82, 2.24) is 5.32 Å². The van der Waals surface area contributed by atoms with Crippen molar-refractivity contribution in [2.45, 2.75) is 58.5 Å². The minimum absolute atomic E-state index is 0.0225. The third-order valence-corrected chi connectivity index (χ3v) is 4.72. The zero-order chi connectivity index (χ0) is 18.4. The molecule has 0 spiro atoms. The third-order valence-electron chi connectivity index (χ3n) is 4.72. The van der Waals surface area contributed by atoms with Crippen molar-refractivity contribution in [3.63, 3.8) is 0 Å². The van der Waals surface area contributed by atoms with Crippen LogP contribution in [0.15, 0.2) is 18.2 Å². The van der Waals surface area contributed by atoms with Gasteiger partial charge in [0.15, 0.2) is 0 Å². The Labute approximate surface area is 149 Å². The minimum Gasteiger partial charge on any atom is -0.495 e. The minimum atomic E-state index is -0.407. The molecule has 3 atom stereocenters. The number of anilines is 2. The summed E-state index contributed by atoms with van der Waals surface area (Å²) in [6.45, 7) is 5.48. The monoisotopic (exact) mass is 347 g/mol. The number of amides is 2. The molecule has 0 unspecified atom stereocenters. The normalized spacial score (nSPS) is 21.1. The Morgan fingerprint density at radius 3 is 2.60 bits per heavy atom. The molecule has 6 heteroatoms. The molecule has 0 bridgehead atoms. The van der Waals surface area contributed by atoms with Gasteiger partial charge in [-0.3, -0.25) is 9.59 Å². The topological polar surface area (TPSA) is 79.5 Å². The number of nitrogens with one attached hydrogen (secondary N) is 3. The summed E-state index contributed by atoms with van der Waals surface area (Å²) >= 11 is 0. The molecule has 6 nitrogen and oxygen atoms in total. The second-order valence-electron chi connectivity index (χ2n) is 6.84. The second kappa shape index (κ2) is 8.74. The van der Waals surface area contributed by atoms with Crippen molar-refractivity contribution < 1.29 is 14.3 Å². The Bertz CT molecular complexity index is 618. The van der Waals surface area contributed by atoms with E-state index in [4.69, 9.17) is 4.74 Å². The summed E-state index contributed by atoms with van der Waals surface area (Å²) in [6, 6.07) is 5.14. The van der Waals surface area contributed by atoms with Gasteiger partial charge >= 0.3 is 0 Å². The highest BCUT2D eigenvalue weighted by atomic mass is 16.5. The first-order chi connectivity index (χ1) is 11.9. The van der Waals surface area contributed by atoms with Crippen LogP contribution in [0.4, 0.5) is 11.4 Å². The van der Waals surface area contributed by atoms with Gasteiger partial charge in [-0.1, -0.05) is 19.8 Å². The molecule has 1 aromatic rings. The molecule has 1 saturated carbocycles. The second-order valence-corrected chi connectivity index (χ2v) is 6.84. The summed E-state index contributed by atoms with van der Waals surface area (Å²) in [5.41, 5.74) is 1.33. The average Bonchev–Trinajstić information content (AvgIpc) is 2.56. The van der Waals surface area contributed by atoms with Gasteiger partial charge in [-0.05, 0) is 43.9 Å². The fraction of sp³-hybridized carbons (Fsp3) is 0.579. The quantitative estimate of drug-likeness (QED) is 0.738. The molecule has 0 aromatic heterocycles.